The summed E-state index contributed by atoms with van der Waals surface area (Å²) in [5, 5.41) is 0. The molecule has 11 radical (unpaired) electrons. The van der Waals surface area contributed by atoms with E-state index in [0.29, 0.717) is 0 Å². The zero-order chi connectivity index (χ0) is 13.7. The van der Waals surface area contributed by atoms with Crippen LogP contribution in [0.4, 0.5) is 17.3 Å². The molecule has 0 saturated heterocycles. The van der Waals surface area contributed by atoms with E-state index in [1.165, 1.54) is 0 Å². The van der Waals surface area contributed by atoms with E-state index in [0.717, 1.165) is 0 Å². The number of halogens is 4. The van der Waals surface area contributed by atoms with E-state index in [-0.39, 0.29) is 17.1 Å². The van der Waals surface area contributed by atoms with Gasteiger partial charge in [0.15, 0.2) is 0 Å². The van der Waals surface area contributed by atoms with Gasteiger partial charge in [0, 0.05) is 17.1 Å². The van der Waals surface area contributed by atoms with Crippen LogP contribution in [0.15, 0.2) is 12.2 Å². The van der Waals surface area contributed by atoms with Crippen molar-refractivity contribution in [2.75, 3.05) is 0 Å². The van der Waals surface area contributed by atoms with E-state index >= 15 is 0 Å². The Morgan fingerprint density at radius 2 is 0.579 bits per heavy atom. The fraction of sp³-hybridized carbons (Fsp3) is 0. The molecule has 0 atom stereocenters. The smallest absolute Gasteiger partial charge is 0.418 e. The Hall–Kier alpha value is 0.0444. The Kier molecular flexibility index (Phi) is 16.2. The van der Waals surface area contributed by atoms with Crippen molar-refractivity contribution in [1.82, 2.24) is 0 Å². The summed E-state index contributed by atoms with van der Waals surface area (Å²) in [6.45, 7) is 0. The molecule has 19 heavy (non-hydrogen) atoms. The molecular weight excluding hydrogens is 299 g/mol. The fourth-order valence-corrected chi connectivity index (χ4v) is 0.834. The Morgan fingerprint density at radius 1 is 0.421 bits per heavy atom. The van der Waals surface area contributed by atoms with Crippen LogP contribution in [0.25, 0.3) is 0 Å². The number of rotatable bonds is 0. The summed E-state index contributed by atoms with van der Waals surface area (Å²) in [5.74, 6) is 0. The summed E-state index contributed by atoms with van der Waals surface area (Å²) >= 11 is 0. The van der Waals surface area contributed by atoms with Gasteiger partial charge in [-0.3, -0.25) is 0 Å². The molecule has 2 aliphatic rings. The van der Waals surface area contributed by atoms with Crippen molar-refractivity contribution < 1.29 is 34.3 Å². The third-order valence-electron chi connectivity index (χ3n) is 1.44. The quantitative estimate of drug-likeness (QED) is 0.467. The second-order valence-electron chi connectivity index (χ2n) is 3.00. The zero-order valence-electron chi connectivity index (χ0n) is 9.95. The van der Waals surface area contributed by atoms with Gasteiger partial charge in [-0.1, -0.05) is 12.2 Å². The van der Waals surface area contributed by atoms with Crippen LogP contribution in [0, 0.1) is 70.6 Å². The van der Waals surface area contributed by atoms with Gasteiger partial charge in [0.05, 0.1) is 0 Å². The second kappa shape index (κ2) is 14.5. The maximum atomic E-state index is 9.75. The minimum Gasteiger partial charge on any atom is -0.418 e. The van der Waals surface area contributed by atoms with Gasteiger partial charge >= 0.3 is 7.25 Å². The van der Waals surface area contributed by atoms with Crippen molar-refractivity contribution in [3.05, 3.63) is 82.8 Å². The molecule has 0 aromatic rings. The first-order valence-electron chi connectivity index (χ1n) is 5.21. The molecule has 1 saturated carbocycles. The molecule has 0 unspecified atom stereocenters. The Balaban J connectivity index is 0. The van der Waals surface area contributed by atoms with Crippen LogP contribution in [-0.2, 0) is 17.1 Å². The fourth-order valence-electron chi connectivity index (χ4n) is 0.834. The van der Waals surface area contributed by atoms with Crippen LogP contribution < -0.4 is 0 Å². The van der Waals surface area contributed by atoms with Crippen LogP contribution in [0.5, 0.6) is 0 Å². The topological polar surface area (TPSA) is 0 Å². The molecule has 2 aliphatic carbocycles. The second-order valence-corrected chi connectivity index (χ2v) is 3.00. The first-order chi connectivity index (χ1) is 8.50. The van der Waals surface area contributed by atoms with Gasteiger partial charge in [0.2, 0.25) is 0 Å². The third kappa shape index (κ3) is 27.3. The Bertz CT molecular complexity index is 180. The molecule has 6 heteroatoms. The minimum atomic E-state index is -6.00. The van der Waals surface area contributed by atoms with Gasteiger partial charge in [-0.2, -0.15) is 0 Å². The van der Waals surface area contributed by atoms with E-state index in [2.05, 4.69) is 0 Å². The normalized spacial score (nSPS) is 20.4. The van der Waals surface area contributed by atoms with Crippen molar-refractivity contribution in [3.63, 3.8) is 0 Å². The molecule has 0 amide bonds. The average molecular weight is 312 g/mol. The Labute approximate surface area is 125 Å². The number of hydrogen-bond acceptors (Lipinski definition) is 0. The van der Waals surface area contributed by atoms with Gasteiger partial charge in [-0.15, -0.1) is 0 Å². The zero-order valence-corrected chi connectivity index (χ0v) is 11.1. The number of hydrogen-bond donors (Lipinski definition) is 0. The molecule has 0 aromatic carbocycles. The van der Waals surface area contributed by atoms with Gasteiger partial charge in [0.25, 0.3) is 0 Å². The van der Waals surface area contributed by atoms with Crippen LogP contribution >= 0.6 is 0 Å². The molecule has 0 nitrogen and oxygen atoms in total. The van der Waals surface area contributed by atoms with Crippen molar-refractivity contribution in [3.8, 4) is 0 Å². The molecule has 0 aliphatic heterocycles. The van der Waals surface area contributed by atoms with Crippen LogP contribution in [0.1, 0.15) is 0 Å². The van der Waals surface area contributed by atoms with Crippen molar-refractivity contribution >= 4 is 7.25 Å². The first-order valence-corrected chi connectivity index (χ1v) is 5.21. The van der Waals surface area contributed by atoms with Crippen molar-refractivity contribution in [1.29, 1.82) is 0 Å². The molecule has 2 rings (SSSR count). The summed E-state index contributed by atoms with van der Waals surface area (Å²) in [7, 11) is -6.00. The van der Waals surface area contributed by atoms with E-state index in [4.69, 9.17) is 0 Å². The van der Waals surface area contributed by atoms with Gasteiger partial charge in [0.1, 0.15) is 0 Å². The SMILES string of the molecule is F[B-](F)(F)F.[CH]1[CH][CH][CH]/C=C\[CH][CH]1.[CH]1[CH][CH][CH][CH]1.[Fe]. The number of allylic oxidation sites excluding steroid dienone is 2. The molecule has 0 bridgehead atoms. The van der Waals surface area contributed by atoms with Crippen molar-refractivity contribution in [2.45, 2.75) is 0 Å². The molecule has 1 fully saturated rings. The largest absolute Gasteiger partial charge is 0.673 e. The van der Waals surface area contributed by atoms with E-state index < -0.39 is 7.25 Å². The molecule has 0 spiro atoms. The molecule has 0 N–H and O–H groups in total. The standard InChI is InChI=1S/C8H8.C5H5.BF4.Fe/c1-2-4-6-8-7-5-3-1;1-2-4-5-3-1;2-1(3,4)5;/h1-8H;1-5H;;/q;;-1;/b2-1-;;;. The van der Waals surface area contributed by atoms with Crippen LogP contribution in [-0.4, -0.2) is 7.25 Å². The van der Waals surface area contributed by atoms with Crippen LogP contribution in [0.2, 0.25) is 0 Å². The van der Waals surface area contributed by atoms with Gasteiger partial charge in [-0.05, 0) is 70.6 Å². The molecular formula is C13H13BF4Fe-. The Morgan fingerprint density at radius 3 is 0.789 bits per heavy atom. The third-order valence-corrected chi connectivity index (χ3v) is 1.44. The molecule has 105 valence electrons. The molecule has 0 heterocycles. The summed E-state index contributed by atoms with van der Waals surface area (Å²) in [6, 6.07) is 0. The van der Waals surface area contributed by atoms with Gasteiger partial charge < -0.3 is 17.3 Å². The molecule has 0 aromatic heterocycles. The van der Waals surface area contributed by atoms with E-state index in [1.807, 2.05) is 82.8 Å². The summed E-state index contributed by atoms with van der Waals surface area (Å²) in [6.07, 6.45) is 26.0. The predicted octanol–water partition coefficient (Wildman–Crippen LogP) is 4.10. The maximum absolute atomic E-state index is 9.75. The monoisotopic (exact) mass is 312 g/mol. The average Bonchev–Trinajstić information content (AvgIpc) is 2.70. The maximum Gasteiger partial charge on any atom is 0.673 e. The van der Waals surface area contributed by atoms with E-state index in [9.17, 15) is 17.3 Å². The summed E-state index contributed by atoms with van der Waals surface area (Å²) in [5.41, 5.74) is 0. The van der Waals surface area contributed by atoms with Crippen molar-refractivity contribution in [2.24, 2.45) is 0 Å². The van der Waals surface area contributed by atoms with Gasteiger partial charge in [-0.25, -0.2) is 0 Å². The summed E-state index contributed by atoms with van der Waals surface area (Å²) < 4.78 is 39.0. The predicted molar refractivity (Wildman–Crippen MR) is 66.6 cm³/mol. The minimum absolute atomic E-state index is 0. The summed E-state index contributed by atoms with van der Waals surface area (Å²) in [4.78, 5) is 0. The first kappa shape index (κ1) is 21.3. The van der Waals surface area contributed by atoms with E-state index in [1.54, 1.807) is 0 Å². The van der Waals surface area contributed by atoms with Crippen LogP contribution in [0.3, 0.4) is 0 Å².